The molecule has 20 heavy (non-hydrogen) atoms. The van der Waals surface area contributed by atoms with Gasteiger partial charge in [-0.1, -0.05) is 26.0 Å². The summed E-state index contributed by atoms with van der Waals surface area (Å²) < 4.78 is 0. The number of hydrogen-bond donors (Lipinski definition) is 1. The molecule has 2 N–H and O–H groups in total. The molecule has 4 heteroatoms. The van der Waals surface area contributed by atoms with Crippen LogP contribution in [0.3, 0.4) is 0 Å². The Kier molecular flexibility index (Phi) is 4.88. The fourth-order valence-corrected chi connectivity index (χ4v) is 2.54. The molecule has 0 atom stereocenters. The first-order valence-corrected chi connectivity index (χ1v) is 7.45. The Morgan fingerprint density at radius 1 is 1.20 bits per heavy atom. The van der Waals surface area contributed by atoms with Crippen molar-refractivity contribution in [1.29, 1.82) is 0 Å². The Morgan fingerprint density at radius 2 is 1.85 bits per heavy atom. The Balaban J connectivity index is 1.86. The molecule has 0 unspecified atom stereocenters. The van der Waals surface area contributed by atoms with Gasteiger partial charge in [0.05, 0.1) is 11.4 Å². The van der Waals surface area contributed by atoms with Gasteiger partial charge in [0.2, 0.25) is 5.91 Å². The smallest absolute Gasteiger partial charge is 0.222 e. The second-order valence-corrected chi connectivity index (χ2v) is 5.86. The topological polar surface area (TPSA) is 49.6 Å². The number of carbonyl (C=O) groups excluding carboxylic acids is 1. The van der Waals surface area contributed by atoms with E-state index in [2.05, 4.69) is 18.7 Å². The minimum atomic E-state index is 0.291. The van der Waals surface area contributed by atoms with E-state index in [0.717, 1.165) is 44.0 Å². The molecule has 2 rings (SSSR count). The van der Waals surface area contributed by atoms with Crippen LogP contribution in [0, 0.1) is 5.92 Å². The molecule has 0 aliphatic carbocycles. The maximum absolute atomic E-state index is 12.1. The number of rotatable bonds is 4. The zero-order valence-electron chi connectivity index (χ0n) is 12.5. The summed E-state index contributed by atoms with van der Waals surface area (Å²) in [6.07, 6.45) is 1.65. The van der Waals surface area contributed by atoms with Crippen molar-refractivity contribution in [3.05, 3.63) is 24.3 Å². The van der Waals surface area contributed by atoms with Gasteiger partial charge in [-0.3, -0.25) is 4.79 Å². The summed E-state index contributed by atoms with van der Waals surface area (Å²) in [7, 11) is 0. The van der Waals surface area contributed by atoms with Gasteiger partial charge in [0.25, 0.3) is 0 Å². The summed E-state index contributed by atoms with van der Waals surface area (Å²) in [5.74, 6) is 0.878. The SMILES string of the molecule is CC(C)CCC(=O)N1CCN(c2ccccc2N)CC1. The molecule has 1 aliphatic rings. The summed E-state index contributed by atoms with van der Waals surface area (Å²) in [5.41, 5.74) is 7.90. The molecule has 0 aromatic heterocycles. The van der Waals surface area contributed by atoms with Crippen molar-refractivity contribution in [1.82, 2.24) is 4.90 Å². The number of amides is 1. The summed E-state index contributed by atoms with van der Waals surface area (Å²) in [4.78, 5) is 16.3. The number of anilines is 2. The molecule has 4 nitrogen and oxygen atoms in total. The summed E-state index contributed by atoms with van der Waals surface area (Å²) in [5, 5.41) is 0. The monoisotopic (exact) mass is 275 g/mol. The molecule has 1 saturated heterocycles. The van der Waals surface area contributed by atoms with E-state index in [1.807, 2.05) is 29.2 Å². The van der Waals surface area contributed by atoms with Gasteiger partial charge >= 0.3 is 0 Å². The molecule has 1 heterocycles. The third-order valence-corrected chi connectivity index (χ3v) is 3.85. The highest BCUT2D eigenvalue weighted by molar-refractivity contribution is 5.76. The number of para-hydroxylation sites is 2. The zero-order chi connectivity index (χ0) is 14.5. The highest BCUT2D eigenvalue weighted by Gasteiger charge is 2.21. The van der Waals surface area contributed by atoms with E-state index in [1.54, 1.807) is 0 Å². The van der Waals surface area contributed by atoms with Crippen LogP contribution in [-0.4, -0.2) is 37.0 Å². The van der Waals surface area contributed by atoms with Crippen molar-refractivity contribution in [2.45, 2.75) is 26.7 Å². The molecule has 0 saturated carbocycles. The Morgan fingerprint density at radius 3 is 2.45 bits per heavy atom. The summed E-state index contributed by atoms with van der Waals surface area (Å²) >= 11 is 0. The highest BCUT2D eigenvalue weighted by Crippen LogP contribution is 2.23. The lowest BCUT2D eigenvalue weighted by atomic mass is 10.1. The van der Waals surface area contributed by atoms with Gasteiger partial charge in [-0.25, -0.2) is 0 Å². The molecule has 1 fully saturated rings. The first-order valence-electron chi connectivity index (χ1n) is 7.45. The predicted molar refractivity (Wildman–Crippen MR) is 83.7 cm³/mol. The number of hydrogen-bond acceptors (Lipinski definition) is 3. The van der Waals surface area contributed by atoms with Crippen LogP contribution >= 0.6 is 0 Å². The fraction of sp³-hybridized carbons (Fsp3) is 0.562. The van der Waals surface area contributed by atoms with E-state index in [1.165, 1.54) is 0 Å². The molecule has 0 bridgehead atoms. The first kappa shape index (κ1) is 14.7. The number of benzene rings is 1. The maximum atomic E-state index is 12.1. The van der Waals surface area contributed by atoms with Crippen LogP contribution in [0.5, 0.6) is 0 Å². The van der Waals surface area contributed by atoms with Crippen LogP contribution in [-0.2, 0) is 4.79 Å². The number of nitrogens with two attached hydrogens (primary N) is 1. The van der Waals surface area contributed by atoms with Gasteiger partial charge in [0.1, 0.15) is 0 Å². The summed E-state index contributed by atoms with van der Waals surface area (Å²) in [6.45, 7) is 7.63. The largest absolute Gasteiger partial charge is 0.397 e. The molecule has 0 radical (unpaired) electrons. The van der Waals surface area contributed by atoms with E-state index in [9.17, 15) is 4.79 Å². The van der Waals surface area contributed by atoms with Crippen LogP contribution in [0.2, 0.25) is 0 Å². The van der Waals surface area contributed by atoms with E-state index < -0.39 is 0 Å². The maximum Gasteiger partial charge on any atom is 0.222 e. The van der Waals surface area contributed by atoms with Crippen LogP contribution < -0.4 is 10.6 Å². The Hall–Kier alpha value is -1.71. The molecular weight excluding hydrogens is 250 g/mol. The summed E-state index contributed by atoms with van der Waals surface area (Å²) in [6, 6.07) is 7.93. The lowest BCUT2D eigenvalue weighted by molar-refractivity contribution is -0.131. The van der Waals surface area contributed by atoms with Crippen molar-refractivity contribution >= 4 is 17.3 Å². The first-order chi connectivity index (χ1) is 9.58. The zero-order valence-corrected chi connectivity index (χ0v) is 12.5. The van der Waals surface area contributed by atoms with E-state index in [4.69, 9.17) is 5.73 Å². The van der Waals surface area contributed by atoms with Gasteiger partial charge < -0.3 is 15.5 Å². The molecule has 1 aromatic carbocycles. The van der Waals surface area contributed by atoms with E-state index in [0.29, 0.717) is 18.2 Å². The Bertz CT molecular complexity index is 451. The van der Waals surface area contributed by atoms with E-state index >= 15 is 0 Å². The van der Waals surface area contributed by atoms with Crippen molar-refractivity contribution in [3.63, 3.8) is 0 Å². The molecule has 1 amide bonds. The van der Waals surface area contributed by atoms with Crippen LogP contribution in [0.25, 0.3) is 0 Å². The Labute approximate surface area is 121 Å². The lowest BCUT2D eigenvalue weighted by Gasteiger charge is -2.36. The van der Waals surface area contributed by atoms with Gasteiger partial charge in [-0.2, -0.15) is 0 Å². The fourth-order valence-electron chi connectivity index (χ4n) is 2.54. The third kappa shape index (κ3) is 3.65. The minimum absolute atomic E-state index is 0.291. The number of piperazine rings is 1. The lowest BCUT2D eigenvalue weighted by Crippen LogP contribution is -2.49. The predicted octanol–water partition coefficient (Wildman–Crippen LogP) is 2.35. The van der Waals surface area contributed by atoms with Crippen LogP contribution in [0.1, 0.15) is 26.7 Å². The standard InChI is InChI=1S/C16H25N3O/c1-13(2)7-8-16(20)19-11-9-18(10-12-19)15-6-4-3-5-14(15)17/h3-6,13H,7-12,17H2,1-2H3. The normalized spacial score (nSPS) is 15.8. The highest BCUT2D eigenvalue weighted by atomic mass is 16.2. The van der Waals surface area contributed by atoms with Crippen molar-refractivity contribution < 1.29 is 4.79 Å². The average molecular weight is 275 g/mol. The van der Waals surface area contributed by atoms with Gasteiger partial charge in [0.15, 0.2) is 0 Å². The number of nitrogens with zero attached hydrogens (tertiary/aromatic N) is 2. The molecule has 1 aromatic rings. The average Bonchev–Trinajstić information content (AvgIpc) is 2.45. The molecular formula is C16H25N3O. The molecule has 110 valence electrons. The second-order valence-electron chi connectivity index (χ2n) is 5.86. The van der Waals surface area contributed by atoms with Crippen LogP contribution in [0.4, 0.5) is 11.4 Å². The van der Waals surface area contributed by atoms with Crippen molar-refractivity contribution in [2.24, 2.45) is 5.92 Å². The second kappa shape index (κ2) is 6.64. The van der Waals surface area contributed by atoms with E-state index in [-0.39, 0.29) is 0 Å². The quantitative estimate of drug-likeness (QED) is 0.858. The number of carbonyl (C=O) groups is 1. The van der Waals surface area contributed by atoms with Crippen molar-refractivity contribution in [2.75, 3.05) is 36.8 Å². The molecule has 1 aliphatic heterocycles. The van der Waals surface area contributed by atoms with Gasteiger partial charge in [-0.15, -0.1) is 0 Å². The van der Waals surface area contributed by atoms with Gasteiger partial charge in [-0.05, 0) is 24.5 Å². The van der Waals surface area contributed by atoms with Crippen molar-refractivity contribution in [3.8, 4) is 0 Å². The van der Waals surface area contributed by atoms with Crippen LogP contribution in [0.15, 0.2) is 24.3 Å². The number of nitrogen functional groups attached to an aromatic ring is 1. The minimum Gasteiger partial charge on any atom is -0.397 e. The molecule has 0 spiro atoms. The third-order valence-electron chi connectivity index (χ3n) is 3.85. The van der Waals surface area contributed by atoms with Gasteiger partial charge in [0, 0.05) is 32.6 Å².